The van der Waals surface area contributed by atoms with Gasteiger partial charge in [0.25, 0.3) is 5.91 Å². The summed E-state index contributed by atoms with van der Waals surface area (Å²) in [6.45, 7) is 5.90. The minimum absolute atomic E-state index is 0.0251. The molecule has 0 bridgehead atoms. The topological polar surface area (TPSA) is 75.6 Å². The number of aromatic hydroxyl groups is 1. The molecule has 0 aromatic heterocycles. The number of halogens is 1. The predicted molar refractivity (Wildman–Crippen MR) is 92.4 cm³/mol. The molecule has 0 saturated carbocycles. The van der Waals surface area contributed by atoms with Crippen LogP contribution in [0.25, 0.3) is 0 Å². The molecule has 23 heavy (non-hydrogen) atoms. The quantitative estimate of drug-likeness (QED) is 0.669. The standard InChI is InChI=1S/C17H24BrNO4/c1-11(2)5-4-6-12(3)19-16(21)10-23-17(22)14-9-13(18)7-8-15(14)20/h7-9,11-12,20H,4-6,10H2,1-3H3,(H,19,21). The maximum Gasteiger partial charge on any atom is 0.342 e. The van der Waals surface area contributed by atoms with E-state index in [-0.39, 0.29) is 29.9 Å². The zero-order valence-electron chi connectivity index (χ0n) is 13.8. The van der Waals surface area contributed by atoms with Crippen molar-refractivity contribution in [2.75, 3.05) is 6.61 Å². The second-order valence-corrected chi connectivity index (χ2v) is 6.95. The Balaban J connectivity index is 2.38. The van der Waals surface area contributed by atoms with Crippen LogP contribution in [0.5, 0.6) is 5.75 Å². The number of amides is 1. The maximum atomic E-state index is 11.9. The second-order valence-electron chi connectivity index (χ2n) is 6.03. The highest BCUT2D eigenvalue weighted by atomic mass is 79.9. The smallest absolute Gasteiger partial charge is 0.342 e. The molecule has 0 saturated heterocycles. The number of phenolic OH excluding ortho intramolecular Hbond substituents is 1. The molecule has 1 atom stereocenters. The van der Waals surface area contributed by atoms with Crippen molar-refractivity contribution >= 4 is 27.8 Å². The van der Waals surface area contributed by atoms with Crippen molar-refractivity contribution in [3.05, 3.63) is 28.2 Å². The summed E-state index contributed by atoms with van der Waals surface area (Å²) < 4.78 is 5.58. The molecule has 128 valence electrons. The van der Waals surface area contributed by atoms with Crippen LogP contribution in [-0.4, -0.2) is 29.6 Å². The van der Waals surface area contributed by atoms with Gasteiger partial charge in [-0.15, -0.1) is 0 Å². The van der Waals surface area contributed by atoms with E-state index in [4.69, 9.17) is 4.74 Å². The summed E-state index contributed by atoms with van der Waals surface area (Å²) in [5.41, 5.74) is 0.0251. The molecule has 0 spiro atoms. The summed E-state index contributed by atoms with van der Waals surface area (Å²) in [4.78, 5) is 23.6. The Bertz CT molecular complexity index is 545. The number of benzene rings is 1. The molecule has 2 N–H and O–H groups in total. The van der Waals surface area contributed by atoms with Crippen LogP contribution >= 0.6 is 15.9 Å². The summed E-state index contributed by atoms with van der Waals surface area (Å²) in [6.07, 6.45) is 3.06. The van der Waals surface area contributed by atoms with E-state index in [1.807, 2.05) is 6.92 Å². The second kappa shape index (κ2) is 9.55. The number of ether oxygens (including phenoxy) is 1. The van der Waals surface area contributed by atoms with Gasteiger partial charge in [-0.3, -0.25) is 4.79 Å². The molecule has 1 aromatic carbocycles. The molecule has 1 amide bonds. The molecular formula is C17H24BrNO4. The lowest BCUT2D eigenvalue weighted by molar-refractivity contribution is -0.124. The van der Waals surface area contributed by atoms with Crippen molar-refractivity contribution in [2.24, 2.45) is 5.92 Å². The molecule has 1 aromatic rings. The molecule has 0 fully saturated rings. The first kappa shape index (κ1) is 19.5. The van der Waals surface area contributed by atoms with Crippen LogP contribution in [0.3, 0.4) is 0 Å². The highest BCUT2D eigenvalue weighted by Crippen LogP contribution is 2.22. The third kappa shape index (κ3) is 7.50. The number of esters is 1. The van der Waals surface area contributed by atoms with Crippen LogP contribution in [0.2, 0.25) is 0 Å². The number of hydrogen-bond donors (Lipinski definition) is 2. The zero-order valence-corrected chi connectivity index (χ0v) is 15.4. The summed E-state index contributed by atoms with van der Waals surface area (Å²) in [6, 6.07) is 4.48. The summed E-state index contributed by atoms with van der Waals surface area (Å²) in [7, 11) is 0. The van der Waals surface area contributed by atoms with Gasteiger partial charge >= 0.3 is 5.97 Å². The lowest BCUT2D eigenvalue weighted by Gasteiger charge is -2.14. The normalized spacial score (nSPS) is 12.0. The van der Waals surface area contributed by atoms with Crippen molar-refractivity contribution in [1.82, 2.24) is 5.32 Å². The van der Waals surface area contributed by atoms with Gasteiger partial charge in [-0.25, -0.2) is 4.79 Å². The Kier molecular flexibility index (Phi) is 8.09. The van der Waals surface area contributed by atoms with E-state index < -0.39 is 5.97 Å². The fourth-order valence-electron chi connectivity index (χ4n) is 2.10. The van der Waals surface area contributed by atoms with Gasteiger partial charge < -0.3 is 15.2 Å². The monoisotopic (exact) mass is 385 g/mol. The van der Waals surface area contributed by atoms with Gasteiger partial charge in [0.2, 0.25) is 0 Å². The van der Waals surface area contributed by atoms with Crippen LogP contribution in [-0.2, 0) is 9.53 Å². The highest BCUT2D eigenvalue weighted by Gasteiger charge is 2.15. The van der Waals surface area contributed by atoms with Gasteiger partial charge in [0.1, 0.15) is 11.3 Å². The highest BCUT2D eigenvalue weighted by molar-refractivity contribution is 9.10. The van der Waals surface area contributed by atoms with Gasteiger partial charge in [-0.2, -0.15) is 0 Å². The van der Waals surface area contributed by atoms with Gasteiger partial charge in [0.15, 0.2) is 6.61 Å². The number of phenols is 1. The van der Waals surface area contributed by atoms with Crippen molar-refractivity contribution < 1.29 is 19.4 Å². The van der Waals surface area contributed by atoms with Crippen LogP contribution in [0.15, 0.2) is 22.7 Å². The average molecular weight is 386 g/mol. The predicted octanol–water partition coefficient (Wildman–Crippen LogP) is 3.64. The number of carbonyl (C=O) groups is 2. The maximum absolute atomic E-state index is 11.9. The molecule has 6 heteroatoms. The van der Waals surface area contributed by atoms with Gasteiger partial charge in [0.05, 0.1) is 0 Å². The molecule has 0 heterocycles. The van der Waals surface area contributed by atoms with E-state index >= 15 is 0 Å². The Morgan fingerprint density at radius 2 is 1.96 bits per heavy atom. The van der Waals surface area contributed by atoms with E-state index in [2.05, 4.69) is 35.1 Å². The molecule has 1 unspecified atom stereocenters. The molecule has 5 nitrogen and oxygen atoms in total. The van der Waals surface area contributed by atoms with Gasteiger partial charge in [-0.05, 0) is 37.5 Å². The summed E-state index contributed by atoms with van der Waals surface area (Å²) in [5.74, 6) is -0.603. The third-order valence-electron chi connectivity index (χ3n) is 3.34. The number of rotatable bonds is 8. The van der Waals surface area contributed by atoms with Crippen molar-refractivity contribution in [2.45, 2.75) is 46.1 Å². The first-order valence-electron chi connectivity index (χ1n) is 7.74. The number of carbonyl (C=O) groups excluding carboxylic acids is 2. The first-order chi connectivity index (χ1) is 10.8. The largest absolute Gasteiger partial charge is 0.507 e. The van der Waals surface area contributed by atoms with Crippen LogP contribution in [0, 0.1) is 5.92 Å². The molecule has 0 radical (unpaired) electrons. The fraction of sp³-hybridized carbons (Fsp3) is 0.529. The first-order valence-corrected chi connectivity index (χ1v) is 8.54. The molecule has 0 aliphatic carbocycles. The molecule has 1 rings (SSSR count). The Morgan fingerprint density at radius 1 is 1.26 bits per heavy atom. The Morgan fingerprint density at radius 3 is 2.61 bits per heavy atom. The Hall–Kier alpha value is -1.56. The summed E-state index contributed by atoms with van der Waals surface area (Å²) >= 11 is 3.21. The van der Waals surface area contributed by atoms with E-state index in [9.17, 15) is 14.7 Å². The number of hydrogen-bond acceptors (Lipinski definition) is 4. The van der Waals surface area contributed by atoms with Gasteiger partial charge in [0, 0.05) is 10.5 Å². The SMILES string of the molecule is CC(C)CCCC(C)NC(=O)COC(=O)c1cc(Br)ccc1O. The van der Waals surface area contributed by atoms with Crippen LogP contribution in [0.4, 0.5) is 0 Å². The van der Waals surface area contributed by atoms with Crippen molar-refractivity contribution in [1.29, 1.82) is 0 Å². The number of nitrogens with one attached hydrogen (secondary N) is 1. The molecule has 0 aliphatic rings. The van der Waals surface area contributed by atoms with Crippen molar-refractivity contribution in [3.8, 4) is 5.75 Å². The minimum Gasteiger partial charge on any atom is -0.507 e. The third-order valence-corrected chi connectivity index (χ3v) is 3.83. The minimum atomic E-state index is -0.730. The zero-order chi connectivity index (χ0) is 17.4. The van der Waals surface area contributed by atoms with E-state index in [0.29, 0.717) is 10.4 Å². The van der Waals surface area contributed by atoms with Crippen molar-refractivity contribution in [3.63, 3.8) is 0 Å². The Labute approximate surface area is 145 Å². The van der Waals surface area contributed by atoms with Crippen LogP contribution in [0.1, 0.15) is 50.4 Å². The van der Waals surface area contributed by atoms with E-state index in [0.717, 1.165) is 19.3 Å². The lowest BCUT2D eigenvalue weighted by atomic mass is 10.0. The average Bonchev–Trinajstić information content (AvgIpc) is 2.46. The van der Waals surface area contributed by atoms with Crippen LogP contribution < -0.4 is 5.32 Å². The lowest BCUT2D eigenvalue weighted by Crippen LogP contribution is -2.35. The van der Waals surface area contributed by atoms with E-state index in [1.54, 1.807) is 6.07 Å². The molecular weight excluding hydrogens is 362 g/mol. The molecule has 0 aliphatic heterocycles. The van der Waals surface area contributed by atoms with E-state index in [1.165, 1.54) is 12.1 Å². The summed E-state index contributed by atoms with van der Waals surface area (Å²) in [5, 5.41) is 12.4. The van der Waals surface area contributed by atoms with Gasteiger partial charge in [-0.1, -0.05) is 42.6 Å². The fourth-order valence-corrected chi connectivity index (χ4v) is 2.46.